The van der Waals surface area contributed by atoms with Gasteiger partial charge in [0.1, 0.15) is 11.5 Å². The molecule has 1 heterocycles. The number of amides is 1. The molecule has 1 aromatic carbocycles. The van der Waals surface area contributed by atoms with Crippen LogP contribution in [-0.2, 0) is 0 Å². The lowest BCUT2D eigenvalue weighted by Crippen LogP contribution is -2.49. The zero-order valence-corrected chi connectivity index (χ0v) is 11.3. The molecule has 104 valence electrons. The Morgan fingerprint density at radius 1 is 1.53 bits per heavy atom. The van der Waals surface area contributed by atoms with Crippen LogP contribution in [0.25, 0.3) is 0 Å². The van der Waals surface area contributed by atoms with Gasteiger partial charge in [0.15, 0.2) is 0 Å². The summed E-state index contributed by atoms with van der Waals surface area (Å²) in [5.41, 5.74) is 6.26. The van der Waals surface area contributed by atoms with Crippen LogP contribution < -0.4 is 10.5 Å². The van der Waals surface area contributed by atoms with Gasteiger partial charge in [-0.05, 0) is 30.5 Å². The summed E-state index contributed by atoms with van der Waals surface area (Å²) in [7, 11) is 1.53. The van der Waals surface area contributed by atoms with Crippen LogP contribution in [0.15, 0.2) is 18.2 Å². The molecule has 0 spiro atoms. The number of benzene rings is 1. The highest BCUT2D eigenvalue weighted by atomic mass is 16.5. The first-order chi connectivity index (χ1) is 9.02. The van der Waals surface area contributed by atoms with E-state index in [9.17, 15) is 9.90 Å². The Labute approximate surface area is 113 Å². The van der Waals surface area contributed by atoms with Crippen LogP contribution in [0, 0.1) is 5.92 Å². The largest absolute Gasteiger partial charge is 0.507 e. The number of carbonyl (C=O) groups is 1. The first-order valence-electron chi connectivity index (χ1n) is 6.44. The zero-order valence-electron chi connectivity index (χ0n) is 11.3. The Balaban J connectivity index is 2.20. The molecule has 1 aliphatic heterocycles. The molecule has 2 rings (SSSR count). The van der Waals surface area contributed by atoms with Crippen LogP contribution in [0.2, 0.25) is 0 Å². The standard InChI is InChI=1S/C14H20N2O3/c1-9-5-6-16(8-12(9)15)14(18)11-7-10(19-2)3-4-13(11)17/h3-4,7,9,12,17H,5-6,8,15H2,1-2H3. The molecule has 0 saturated carbocycles. The number of phenols is 1. The number of hydrogen-bond donors (Lipinski definition) is 2. The van der Waals surface area contributed by atoms with Gasteiger partial charge in [0.25, 0.3) is 5.91 Å². The highest BCUT2D eigenvalue weighted by Crippen LogP contribution is 2.26. The summed E-state index contributed by atoms with van der Waals surface area (Å²) in [6, 6.07) is 4.64. The third kappa shape index (κ3) is 2.81. The third-order valence-corrected chi connectivity index (χ3v) is 3.74. The van der Waals surface area contributed by atoms with Crippen LogP contribution in [0.4, 0.5) is 0 Å². The molecular weight excluding hydrogens is 244 g/mol. The molecule has 1 aliphatic rings. The van der Waals surface area contributed by atoms with Crippen molar-refractivity contribution in [3.63, 3.8) is 0 Å². The summed E-state index contributed by atoms with van der Waals surface area (Å²) in [5, 5.41) is 9.82. The number of nitrogens with zero attached hydrogens (tertiary/aromatic N) is 1. The smallest absolute Gasteiger partial charge is 0.257 e. The normalized spacial score (nSPS) is 23.2. The van der Waals surface area contributed by atoms with Crippen LogP contribution in [0.3, 0.4) is 0 Å². The van der Waals surface area contributed by atoms with Crippen LogP contribution >= 0.6 is 0 Å². The molecule has 0 aliphatic carbocycles. The van der Waals surface area contributed by atoms with Gasteiger partial charge >= 0.3 is 0 Å². The van der Waals surface area contributed by atoms with Crippen molar-refractivity contribution in [2.24, 2.45) is 11.7 Å². The van der Waals surface area contributed by atoms with Gasteiger partial charge in [-0.2, -0.15) is 0 Å². The van der Waals surface area contributed by atoms with Gasteiger partial charge in [-0.15, -0.1) is 0 Å². The summed E-state index contributed by atoms with van der Waals surface area (Å²) in [4.78, 5) is 14.1. The SMILES string of the molecule is COc1ccc(O)c(C(=O)N2CCC(C)C(N)C2)c1. The lowest BCUT2D eigenvalue weighted by atomic mass is 9.94. The van der Waals surface area contributed by atoms with Crippen molar-refractivity contribution in [2.45, 2.75) is 19.4 Å². The number of likely N-dealkylation sites (tertiary alicyclic amines) is 1. The fourth-order valence-electron chi connectivity index (χ4n) is 2.27. The number of nitrogens with two attached hydrogens (primary N) is 1. The number of aromatic hydroxyl groups is 1. The van der Waals surface area contributed by atoms with Gasteiger partial charge in [0, 0.05) is 19.1 Å². The van der Waals surface area contributed by atoms with Crippen molar-refractivity contribution < 1.29 is 14.6 Å². The summed E-state index contributed by atoms with van der Waals surface area (Å²) < 4.78 is 5.08. The van der Waals surface area contributed by atoms with Crippen molar-refractivity contribution in [2.75, 3.05) is 20.2 Å². The molecule has 1 amide bonds. The van der Waals surface area contributed by atoms with E-state index < -0.39 is 0 Å². The van der Waals surface area contributed by atoms with E-state index in [2.05, 4.69) is 6.92 Å². The number of phenolic OH excluding ortho intramolecular Hbond substituents is 1. The second kappa shape index (κ2) is 5.48. The Morgan fingerprint density at radius 3 is 2.89 bits per heavy atom. The topological polar surface area (TPSA) is 75.8 Å². The lowest BCUT2D eigenvalue weighted by molar-refractivity contribution is 0.0669. The van der Waals surface area contributed by atoms with Gasteiger partial charge in [-0.1, -0.05) is 6.92 Å². The molecule has 19 heavy (non-hydrogen) atoms. The van der Waals surface area contributed by atoms with Crippen molar-refractivity contribution in [3.05, 3.63) is 23.8 Å². The molecule has 0 aromatic heterocycles. The molecule has 1 fully saturated rings. The van der Waals surface area contributed by atoms with Crippen LogP contribution in [0.1, 0.15) is 23.7 Å². The van der Waals surface area contributed by atoms with Gasteiger partial charge in [0.05, 0.1) is 12.7 Å². The Bertz CT molecular complexity index is 476. The van der Waals surface area contributed by atoms with Gasteiger partial charge in [-0.25, -0.2) is 0 Å². The maximum Gasteiger partial charge on any atom is 0.257 e. The Kier molecular flexibility index (Phi) is 3.95. The summed E-state index contributed by atoms with van der Waals surface area (Å²) in [6.45, 7) is 3.29. The minimum atomic E-state index is -0.196. The number of methoxy groups -OCH3 is 1. The van der Waals surface area contributed by atoms with Crippen molar-refractivity contribution in [1.29, 1.82) is 0 Å². The molecule has 1 saturated heterocycles. The number of piperidine rings is 1. The van der Waals surface area contributed by atoms with E-state index in [4.69, 9.17) is 10.5 Å². The first-order valence-corrected chi connectivity index (χ1v) is 6.44. The van der Waals surface area contributed by atoms with Crippen molar-refractivity contribution >= 4 is 5.91 Å². The maximum absolute atomic E-state index is 12.4. The average molecular weight is 264 g/mol. The fourth-order valence-corrected chi connectivity index (χ4v) is 2.27. The maximum atomic E-state index is 12.4. The van der Waals surface area contributed by atoms with E-state index in [0.29, 0.717) is 24.8 Å². The van der Waals surface area contributed by atoms with Gasteiger partial charge in [0.2, 0.25) is 0 Å². The van der Waals surface area contributed by atoms with Crippen molar-refractivity contribution in [3.8, 4) is 11.5 Å². The molecule has 0 bridgehead atoms. The van der Waals surface area contributed by atoms with E-state index >= 15 is 0 Å². The van der Waals surface area contributed by atoms with Crippen LogP contribution in [-0.4, -0.2) is 42.2 Å². The molecule has 2 atom stereocenters. The predicted molar refractivity (Wildman–Crippen MR) is 72.3 cm³/mol. The van der Waals surface area contributed by atoms with Crippen LogP contribution in [0.5, 0.6) is 11.5 Å². The predicted octanol–water partition coefficient (Wildman–Crippen LogP) is 1.21. The highest BCUT2D eigenvalue weighted by molar-refractivity contribution is 5.97. The van der Waals surface area contributed by atoms with E-state index in [1.165, 1.54) is 13.2 Å². The molecule has 3 N–H and O–H groups in total. The summed E-state index contributed by atoms with van der Waals surface area (Å²) in [6.07, 6.45) is 0.887. The minimum absolute atomic E-state index is 0.00884. The first kappa shape index (κ1) is 13.7. The monoisotopic (exact) mass is 264 g/mol. The van der Waals surface area contributed by atoms with Gasteiger partial charge < -0.3 is 20.5 Å². The lowest BCUT2D eigenvalue weighted by Gasteiger charge is -2.35. The Hall–Kier alpha value is -1.75. The minimum Gasteiger partial charge on any atom is -0.507 e. The van der Waals surface area contributed by atoms with Crippen molar-refractivity contribution in [1.82, 2.24) is 4.90 Å². The third-order valence-electron chi connectivity index (χ3n) is 3.74. The molecule has 5 heteroatoms. The average Bonchev–Trinajstić information content (AvgIpc) is 2.41. The quantitative estimate of drug-likeness (QED) is 0.842. The fraction of sp³-hybridized carbons (Fsp3) is 0.500. The molecule has 0 radical (unpaired) electrons. The highest BCUT2D eigenvalue weighted by Gasteiger charge is 2.28. The number of ether oxygens (including phenoxy) is 1. The number of rotatable bonds is 2. The van der Waals surface area contributed by atoms with E-state index in [1.807, 2.05) is 0 Å². The zero-order chi connectivity index (χ0) is 14.0. The second-order valence-electron chi connectivity index (χ2n) is 5.06. The van der Waals surface area contributed by atoms with E-state index in [-0.39, 0.29) is 23.3 Å². The summed E-state index contributed by atoms with van der Waals surface area (Å²) in [5.74, 6) is 0.746. The second-order valence-corrected chi connectivity index (χ2v) is 5.06. The van der Waals surface area contributed by atoms with E-state index in [1.54, 1.807) is 17.0 Å². The van der Waals surface area contributed by atoms with Gasteiger partial charge in [-0.3, -0.25) is 4.79 Å². The summed E-state index contributed by atoms with van der Waals surface area (Å²) >= 11 is 0. The molecule has 2 unspecified atom stereocenters. The molecular formula is C14H20N2O3. The Morgan fingerprint density at radius 2 is 2.26 bits per heavy atom. The van der Waals surface area contributed by atoms with E-state index in [0.717, 1.165) is 6.42 Å². The number of carbonyl (C=O) groups excluding carboxylic acids is 1. The number of hydrogen-bond acceptors (Lipinski definition) is 4. The molecule has 5 nitrogen and oxygen atoms in total. The molecule has 1 aromatic rings.